The number of piperidine rings is 1. The second kappa shape index (κ2) is 3.94. The molecule has 1 aliphatic heterocycles. The molecule has 2 unspecified atom stereocenters. The molecule has 1 aliphatic rings. The second-order valence-electron chi connectivity index (χ2n) is 3.82. The highest BCUT2D eigenvalue weighted by atomic mass is 32.2. The first-order valence-corrected chi connectivity index (χ1v) is 6.30. The van der Waals surface area contributed by atoms with Crippen LogP contribution in [0.1, 0.15) is 20.3 Å². The van der Waals surface area contributed by atoms with Gasteiger partial charge < -0.3 is 5.73 Å². The highest BCUT2D eigenvalue weighted by molar-refractivity contribution is 7.89. The van der Waals surface area contributed by atoms with Crippen molar-refractivity contribution in [2.45, 2.75) is 26.3 Å². The smallest absolute Gasteiger partial charge is 0.213 e. The summed E-state index contributed by atoms with van der Waals surface area (Å²) >= 11 is 0. The minimum absolute atomic E-state index is 0.00470. The third kappa shape index (κ3) is 2.65. The van der Waals surface area contributed by atoms with Crippen molar-refractivity contribution < 1.29 is 8.42 Å². The number of hydrogen-bond acceptors (Lipinski definition) is 3. The van der Waals surface area contributed by atoms with E-state index >= 15 is 0 Å². The topological polar surface area (TPSA) is 63.4 Å². The summed E-state index contributed by atoms with van der Waals surface area (Å²) in [5.74, 6) is 0.553. The van der Waals surface area contributed by atoms with Gasteiger partial charge in [0.15, 0.2) is 0 Å². The van der Waals surface area contributed by atoms with Gasteiger partial charge in [-0.25, -0.2) is 12.7 Å². The summed E-state index contributed by atoms with van der Waals surface area (Å²) in [5.41, 5.74) is 5.76. The maximum atomic E-state index is 11.5. The van der Waals surface area contributed by atoms with E-state index < -0.39 is 10.0 Å². The Kier molecular flexibility index (Phi) is 3.32. The van der Waals surface area contributed by atoms with Gasteiger partial charge in [0.25, 0.3) is 0 Å². The largest absolute Gasteiger partial charge is 0.326 e. The Labute approximate surface area is 80.1 Å². The average molecular weight is 206 g/mol. The molecule has 1 heterocycles. The van der Waals surface area contributed by atoms with Crippen LogP contribution in [0, 0.1) is 5.92 Å². The van der Waals surface area contributed by atoms with Crippen LogP contribution in [0.2, 0.25) is 0 Å². The van der Waals surface area contributed by atoms with Gasteiger partial charge >= 0.3 is 0 Å². The predicted molar refractivity (Wildman–Crippen MR) is 52.8 cm³/mol. The van der Waals surface area contributed by atoms with Crippen molar-refractivity contribution in [2.75, 3.05) is 18.8 Å². The van der Waals surface area contributed by atoms with Crippen molar-refractivity contribution in [3.05, 3.63) is 0 Å². The zero-order chi connectivity index (χ0) is 10.1. The maximum Gasteiger partial charge on any atom is 0.213 e. The zero-order valence-electron chi connectivity index (χ0n) is 8.23. The standard InChI is InChI=1S/C8H18N2O2S/c1-3-13(11,12)10-5-7(2)4-8(9)6-10/h7-8H,3-6,9H2,1-2H3. The van der Waals surface area contributed by atoms with Crippen molar-refractivity contribution in [1.82, 2.24) is 4.31 Å². The lowest BCUT2D eigenvalue weighted by Crippen LogP contribution is -2.49. The number of hydrogen-bond donors (Lipinski definition) is 1. The first-order valence-electron chi connectivity index (χ1n) is 4.69. The van der Waals surface area contributed by atoms with E-state index in [1.54, 1.807) is 6.92 Å². The first kappa shape index (κ1) is 10.9. The van der Waals surface area contributed by atoms with Crippen LogP contribution in [0.3, 0.4) is 0 Å². The molecule has 0 aliphatic carbocycles. The summed E-state index contributed by atoms with van der Waals surface area (Å²) in [5, 5.41) is 0. The summed E-state index contributed by atoms with van der Waals surface area (Å²) < 4.78 is 24.6. The van der Waals surface area contributed by atoms with Gasteiger partial charge in [-0.1, -0.05) is 6.92 Å². The van der Waals surface area contributed by atoms with Crippen molar-refractivity contribution in [1.29, 1.82) is 0 Å². The number of rotatable bonds is 2. The van der Waals surface area contributed by atoms with Gasteiger partial charge in [-0.3, -0.25) is 0 Å². The lowest BCUT2D eigenvalue weighted by molar-refractivity contribution is 0.255. The van der Waals surface area contributed by atoms with E-state index in [0.717, 1.165) is 6.42 Å². The highest BCUT2D eigenvalue weighted by Crippen LogP contribution is 2.17. The third-order valence-electron chi connectivity index (χ3n) is 2.42. The van der Waals surface area contributed by atoms with E-state index in [1.807, 2.05) is 6.92 Å². The van der Waals surface area contributed by atoms with Crippen LogP contribution >= 0.6 is 0 Å². The SMILES string of the molecule is CCS(=O)(=O)N1CC(C)CC(N)C1. The van der Waals surface area contributed by atoms with Gasteiger partial charge in [0.05, 0.1) is 5.75 Å². The van der Waals surface area contributed by atoms with Crippen molar-refractivity contribution in [3.63, 3.8) is 0 Å². The number of nitrogens with zero attached hydrogens (tertiary/aromatic N) is 1. The summed E-state index contributed by atoms with van der Waals surface area (Å²) in [6.45, 7) is 4.82. The monoisotopic (exact) mass is 206 g/mol. The first-order chi connectivity index (χ1) is 5.95. The van der Waals surface area contributed by atoms with Gasteiger partial charge in [0.2, 0.25) is 10.0 Å². The fourth-order valence-corrected chi connectivity index (χ4v) is 3.02. The minimum atomic E-state index is -3.03. The molecule has 0 aromatic heterocycles. The molecule has 78 valence electrons. The van der Waals surface area contributed by atoms with Crippen LogP contribution in [0.4, 0.5) is 0 Å². The molecule has 1 rings (SSSR count). The van der Waals surface area contributed by atoms with Gasteiger partial charge in [-0.05, 0) is 19.3 Å². The molecule has 13 heavy (non-hydrogen) atoms. The van der Waals surface area contributed by atoms with Crippen molar-refractivity contribution in [2.24, 2.45) is 11.7 Å². The van der Waals surface area contributed by atoms with Gasteiger partial charge in [0, 0.05) is 19.1 Å². The van der Waals surface area contributed by atoms with Gasteiger partial charge in [-0.2, -0.15) is 0 Å². The molecule has 0 bridgehead atoms. The van der Waals surface area contributed by atoms with E-state index in [0.29, 0.717) is 19.0 Å². The molecule has 0 radical (unpaired) electrons. The maximum absolute atomic E-state index is 11.5. The third-order valence-corrected chi connectivity index (χ3v) is 4.23. The molecule has 5 heteroatoms. The molecule has 1 fully saturated rings. The zero-order valence-corrected chi connectivity index (χ0v) is 9.05. The fraction of sp³-hybridized carbons (Fsp3) is 1.00. The summed E-state index contributed by atoms with van der Waals surface area (Å²) in [6.07, 6.45) is 0.926. The minimum Gasteiger partial charge on any atom is -0.326 e. The van der Waals surface area contributed by atoms with E-state index in [-0.39, 0.29) is 11.8 Å². The molecular formula is C8H18N2O2S. The Balaban J connectivity index is 2.71. The molecule has 0 aromatic rings. The molecular weight excluding hydrogens is 188 g/mol. The van der Waals surface area contributed by atoms with E-state index in [1.165, 1.54) is 4.31 Å². The Bertz CT molecular complexity index is 253. The molecule has 0 saturated carbocycles. The Morgan fingerprint density at radius 3 is 2.54 bits per heavy atom. The molecule has 2 atom stereocenters. The predicted octanol–water partition coefficient (Wildman–Crippen LogP) is 0.00520. The van der Waals surface area contributed by atoms with Crippen LogP contribution < -0.4 is 5.73 Å². The Hall–Kier alpha value is -0.130. The molecule has 2 N–H and O–H groups in total. The summed E-state index contributed by atoms with van der Waals surface area (Å²) in [6, 6.07) is 0.00470. The van der Waals surface area contributed by atoms with Crippen molar-refractivity contribution >= 4 is 10.0 Å². The summed E-state index contributed by atoms with van der Waals surface area (Å²) in [7, 11) is -3.03. The van der Waals surface area contributed by atoms with Crippen molar-refractivity contribution in [3.8, 4) is 0 Å². The molecule has 1 saturated heterocycles. The van der Waals surface area contributed by atoms with E-state index in [9.17, 15) is 8.42 Å². The van der Waals surface area contributed by atoms with Gasteiger partial charge in [0.1, 0.15) is 0 Å². The van der Waals surface area contributed by atoms with Crippen LogP contribution in [-0.4, -0.2) is 37.6 Å². The van der Waals surface area contributed by atoms with E-state index in [4.69, 9.17) is 5.73 Å². The van der Waals surface area contributed by atoms with Crippen LogP contribution in [-0.2, 0) is 10.0 Å². The van der Waals surface area contributed by atoms with Gasteiger partial charge in [-0.15, -0.1) is 0 Å². The molecule has 0 aromatic carbocycles. The molecule has 0 amide bonds. The number of nitrogens with two attached hydrogens (primary N) is 1. The Morgan fingerprint density at radius 2 is 2.08 bits per heavy atom. The van der Waals surface area contributed by atoms with Crippen LogP contribution in [0.5, 0.6) is 0 Å². The lowest BCUT2D eigenvalue weighted by atomic mass is 9.99. The van der Waals surface area contributed by atoms with E-state index in [2.05, 4.69) is 0 Å². The normalized spacial score (nSPS) is 31.9. The second-order valence-corrected chi connectivity index (χ2v) is 6.08. The fourth-order valence-electron chi connectivity index (χ4n) is 1.76. The lowest BCUT2D eigenvalue weighted by Gasteiger charge is -2.33. The molecule has 4 nitrogen and oxygen atoms in total. The summed E-state index contributed by atoms with van der Waals surface area (Å²) in [4.78, 5) is 0. The quantitative estimate of drug-likeness (QED) is 0.692. The van der Waals surface area contributed by atoms with Crippen LogP contribution in [0.15, 0.2) is 0 Å². The average Bonchev–Trinajstić information content (AvgIpc) is 2.02. The molecule has 0 spiro atoms. The van der Waals surface area contributed by atoms with Crippen LogP contribution in [0.25, 0.3) is 0 Å². The number of sulfonamides is 1. The highest BCUT2D eigenvalue weighted by Gasteiger charge is 2.29. The Morgan fingerprint density at radius 1 is 1.46 bits per heavy atom.